The van der Waals surface area contributed by atoms with Crippen molar-refractivity contribution in [1.29, 1.82) is 0 Å². The Kier molecular flexibility index (Phi) is 6.79. The second-order valence-electron chi connectivity index (χ2n) is 6.23. The van der Waals surface area contributed by atoms with Gasteiger partial charge in [0.15, 0.2) is 0 Å². The second-order valence-corrected chi connectivity index (χ2v) is 6.23. The summed E-state index contributed by atoms with van der Waals surface area (Å²) in [4.78, 5) is 24.6. The number of anilines is 2. The van der Waals surface area contributed by atoms with Crippen LogP contribution in [0.2, 0.25) is 0 Å². The highest BCUT2D eigenvalue weighted by Crippen LogP contribution is 2.15. The fourth-order valence-corrected chi connectivity index (χ4v) is 2.66. The van der Waals surface area contributed by atoms with E-state index in [1.165, 1.54) is 6.08 Å². The van der Waals surface area contributed by atoms with Crippen LogP contribution in [0.15, 0.2) is 84.9 Å². The summed E-state index contributed by atoms with van der Waals surface area (Å²) in [6.07, 6.45) is 3.17. The van der Waals surface area contributed by atoms with Gasteiger partial charge >= 0.3 is 0 Å². The number of carbonyl (C=O) groups excluding carboxylic acids is 2. The maximum Gasteiger partial charge on any atom is 0.255 e. The number of hydrogen-bond acceptors (Lipinski definition) is 3. The van der Waals surface area contributed by atoms with Gasteiger partial charge in [0.2, 0.25) is 5.91 Å². The summed E-state index contributed by atoms with van der Waals surface area (Å²) in [5.74, 6) is 0.274. The molecule has 3 aromatic rings. The number of amides is 2. The Morgan fingerprint density at radius 3 is 2.31 bits per heavy atom. The zero-order valence-electron chi connectivity index (χ0n) is 16.1. The number of benzene rings is 3. The van der Waals surface area contributed by atoms with Gasteiger partial charge in [-0.05, 0) is 61.0 Å². The number of para-hydroxylation sites is 1. The van der Waals surface area contributed by atoms with Crippen LogP contribution in [0.1, 0.15) is 22.8 Å². The molecule has 0 atom stereocenters. The zero-order valence-corrected chi connectivity index (χ0v) is 16.1. The molecule has 29 heavy (non-hydrogen) atoms. The summed E-state index contributed by atoms with van der Waals surface area (Å²) >= 11 is 0. The van der Waals surface area contributed by atoms with Gasteiger partial charge in [0, 0.05) is 23.0 Å². The third kappa shape index (κ3) is 6.07. The van der Waals surface area contributed by atoms with Crippen LogP contribution >= 0.6 is 0 Å². The van der Waals surface area contributed by atoms with Gasteiger partial charge in [-0.15, -0.1) is 0 Å². The fraction of sp³-hybridized carbons (Fsp3) is 0.0833. The molecule has 3 aromatic carbocycles. The minimum absolute atomic E-state index is 0.239. The van der Waals surface area contributed by atoms with Gasteiger partial charge in [-0.3, -0.25) is 9.59 Å². The smallest absolute Gasteiger partial charge is 0.255 e. The van der Waals surface area contributed by atoms with E-state index in [1.807, 2.05) is 61.5 Å². The lowest BCUT2D eigenvalue weighted by Gasteiger charge is -2.07. The van der Waals surface area contributed by atoms with E-state index in [0.717, 1.165) is 11.3 Å². The van der Waals surface area contributed by atoms with Crippen LogP contribution in [0.4, 0.5) is 11.4 Å². The average molecular weight is 386 g/mol. The first-order valence-electron chi connectivity index (χ1n) is 9.32. The molecule has 5 nitrogen and oxygen atoms in total. The maximum atomic E-state index is 12.4. The third-order valence-corrected chi connectivity index (χ3v) is 4.04. The summed E-state index contributed by atoms with van der Waals surface area (Å²) in [6.45, 7) is 2.54. The largest absolute Gasteiger partial charge is 0.494 e. The van der Waals surface area contributed by atoms with E-state index in [0.29, 0.717) is 23.5 Å². The predicted octanol–water partition coefficient (Wildman–Crippen LogP) is 4.99. The summed E-state index contributed by atoms with van der Waals surface area (Å²) in [5, 5.41) is 5.60. The van der Waals surface area contributed by atoms with E-state index in [9.17, 15) is 9.59 Å². The molecule has 0 radical (unpaired) electrons. The molecule has 146 valence electrons. The highest BCUT2D eigenvalue weighted by Gasteiger charge is 2.07. The molecule has 0 bridgehead atoms. The van der Waals surface area contributed by atoms with Crippen molar-refractivity contribution in [2.75, 3.05) is 17.2 Å². The SMILES string of the molecule is CCOc1ccc(/C=C/C(=O)Nc2cccc(C(=O)Nc3ccccc3)c2)cc1. The van der Waals surface area contributed by atoms with Gasteiger partial charge < -0.3 is 15.4 Å². The molecule has 0 aliphatic rings. The molecule has 0 saturated carbocycles. The van der Waals surface area contributed by atoms with Crippen molar-refractivity contribution in [3.05, 3.63) is 96.1 Å². The van der Waals surface area contributed by atoms with Crippen molar-refractivity contribution < 1.29 is 14.3 Å². The van der Waals surface area contributed by atoms with E-state index < -0.39 is 0 Å². The average Bonchev–Trinajstić information content (AvgIpc) is 2.74. The molecule has 0 spiro atoms. The molecule has 0 aromatic heterocycles. The topological polar surface area (TPSA) is 67.4 Å². The van der Waals surface area contributed by atoms with Crippen LogP contribution in [0.5, 0.6) is 5.75 Å². The van der Waals surface area contributed by atoms with Crippen LogP contribution in [0.3, 0.4) is 0 Å². The first-order chi connectivity index (χ1) is 14.1. The Balaban J connectivity index is 1.60. The molecule has 0 aliphatic heterocycles. The summed E-state index contributed by atoms with van der Waals surface area (Å²) < 4.78 is 5.40. The molecular formula is C24H22N2O3. The van der Waals surface area contributed by atoms with Gasteiger partial charge in [0.1, 0.15) is 5.75 Å². The molecule has 0 heterocycles. The maximum absolute atomic E-state index is 12.4. The van der Waals surface area contributed by atoms with Crippen molar-refractivity contribution in [2.45, 2.75) is 6.92 Å². The Hall–Kier alpha value is -3.86. The molecule has 2 N–H and O–H groups in total. The quantitative estimate of drug-likeness (QED) is 0.562. The van der Waals surface area contributed by atoms with E-state index in [4.69, 9.17) is 4.74 Å². The minimum Gasteiger partial charge on any atom is -0.494 e. The van der Waals surface area contributed by atoms with Crippen molar-refractivity contribution in [3.63, 3.8) is 0 Å². The van der Waals surface area contributed by atoms with Gasteiger partial charge in [0.05, 0.1) is 6.61 Å². The number of nitrogens with one attached hydrogen (secondary N) is 2. The van der Waals surface area contributed by atoms with Crippen LogP contribution in [-0.2, 0) is 4.79 Å². The van der Waals surface area contributed by atoms with E-state index in [-0.39, 0.29) is 11.8 Å². The van der Waals surface area contributed by atoms with Crippen molar-refractivity contribution in [1.82, 2.24) is 0 Å². The Morgan fingerprint density at radius 1 is 0.862 bits per heavy atom. The number of ether oxygens (including phenoxy) is 1. The lowest BCUT2D eigenvalue weighted by molar-refractivity contribution is -0.111. The normalized spacial score (nSPS) is 10.5. The summed E-state index contributed by atoms with van der Waals surface area (Å²) in [7, 11) is 0. The Morgan fingerprint density at radius 2 is 1.59 bits per heavy atom. The molecule has 0 aliphatic carbocycles. The number of carbonyl (C=O) groups is 2. The van der Waals surface area contributed by atoms with E-state index in [2.05, 4.69) is 10.6 Å². The van der Waals surface area contributed by atoms with Crippen LogP contribution in [0, 0.1) is 0 Å². The minimum atomic E-state index is -0.278. The van der Waals surface area contributed by atoms with Gasteiger partial charge in [0.25, 0.3) is 5.91 Å². The summed E-state index contributed by atoms with van der Waals surface area (Å²) in [6, 6.07) is 23.5. The zero-order chi connectivity index (χ0) is 20.5. The molecule has 3 rings (SSSR count). The van der Waals surface area contributed by atoms with Crippen molar-refractivity contribution >= 4 is 29.3 Å². The molecule has 2 amide bonds. The highest BCUT2D eigenvalue weighted by atomic mass is 16.5. The first-order valence-corrected chi connectivity index (χ1v) is 9.32. The van der Waals surface area contributed by atoms with Crippen molar-refractivity contribution in [3.8, 4) is 5.75 Å². The molecule has 5 heteroatoms. The molecule has 0 unspecified atom stereocenters. The first kappa shape index (κ1) is 19.9. The Labute approximate surface area is 170 Å². The van der Waals surface area contributed by atoms with Crippen LogP contribution < -0.4 is 15.4 Å². The fourth-order valence-electron chi connectivity index (χ4n) is 2.66. The lowest BCUT2D eigenvalue weighted by Crippen LogP contribution is -2.13. The molecular weight excluding hydrogens is 364 g/mol. The highest BCUT2D eigenvalue weighted by molar-refractivity contribution is 6.06. The van der Waals surface area contributed by atoms with Crippen LogP contribution in [0.25, 0.3) is 6.08 Å². The lowest BCUT2D eigenvalue weighted by atomic mass is 10.1. The standard InChI is InChI=1S/C24H22N2O3/c1-2-29-22-14-11-18(12-15-22)13-16-23(27)25-21-10-6-7-19(17-21)24(28)26-20-8-4-3-5-9-20/h3-17H,2H2,1H3,(H,25,27)(H,26,28)/b16-13+. The monoisotopic (exact) mass is 386 g/mol. The van der Waals surface area contributed by atoms with Gasteiger partial charge in [-0.2, -0.15) is 0 Å². The Bertz CT molecular complexity index is 996. The number of hydrogen-bond donors (Lipinski definition) is 2. The molecule has 0 fully saturated rings. The van der Waals surface area contributed by atoms with Crippen LogP contribution in [-0.4, -0.2) is 18.4 Å². The van der Waals surface area contributed by atoms with Crippen molar-refractivity contribution in [2.24, 2.45) is 0 Å². The van der Waals surface area contributed by atoms with Gasteiger partial charge in [-0.1, -0.05) is 36.4 Å². The predicted molar refractivity (Wildman–Crippen MR) is 116 cm³/mol. The van der Waals surface area contributed by atoms with E-state index in [1.54, 1.807) is 30.3 Å². The van der Waals surface area contributed by atoms with Gasteiger partial charge in [-0.25, -0.2) is 0 Å². The molecule has 0 saturated heterocycles. The summed E-state index contributed by atoms with van der Waals surface area (Å²) in [5.41, 5.74) is 2.61. The second kappa shape index (κ2) is 9.90. The van der Waals surface area contributed by atoms with E-state index >= 15 is 0 Å². The number of rotatable bonds is 7. The third-order valence-electron chi connectivity index (χ3n) is 4.04.